The molecule has 17 heteroatoms. The van der Waals surface area contributed by atoms with Gasteiger partial charge in [-0.2, -0.15) is 0 Å². The van der Waals surface area contributed by atoms with Gasteiger partial charge in [-0.3, -0.25) is 24.2 Å². The number of phenolic OH excluding ortho intramolecular Hbond substituents is 1. The summed E-state index contributed by atoms with van der Waals surface area (Å²) in [6, 6.07) is 36.7. The molecule has 0 spiro atoms. The van der Waals surface area contributed by atoms with Gasteiger partial charge in [0, 0.05) is 92.1 Å². The zero-order valence-corrected chi connectivity index (χ0v) is 51.0. The minimum atomic E-state index is -0.0498. The van der Waals surface area contributed by atoms with Crippen molar-refractivity contribution in [1.29, 1.82) is 0 Å². The third-order valence-electron chi connectivity index (χ3n) is 11.9. The van der Waals surface area contributed by atoms with Crippen molar-refractivity contribution in [3.63, 3.8) is 0 Å². The van der Waals surface area contributed by atoms with Crippen molar-refractivity contribution in [2.24, 2.45) is 0 Å². The molecular formula is C64H71N5O7S5. The van der Waals surface area contributed by atoms with Crippen LogP contribution >= 0.6 is 56.7 Å². The fourth-order valence-electron chi connectivity index (χ4n) is 7.37. The molecule has 0 aliphatic rings. The molecule has 4 amide bonds. The average Bonchev–Trinajstić information content (AvgIpc) is 4.39. The molecule has 81 heavy (non-hydrogen) atoms. The second-order valence-electron chi connectivity index (χ2n) is 17.5. The number of aromatic nitrogens is 1. The maximum absolute atomic E-state index is 12.2. The number of carbonyl (C=O) groups is 4. The Labute approximate surface area is 497 Å². The van der Waals surface area contributed by atoms with Crippen LogP contribution in [0.3, 0.4) is 0 Å². The summed E-state index contributed by atoms with van der Waals surface area (Å²) in [7, 11) is 3.13. The number of rotatable bonds is 22. The number of amides is 4. The molecule has 0 saturated heterocycles. The van der Waals surface area contributed by atoms with E-state index in [4.69, 9.17) is 9.47 Å². The number of phenols is 1. The van der Waals surface area contributed by atoms with Gasteiger partial charge >= 0.3 is 0 Å². The molecule has 2 aromatic carbocycles. The van der Waals surface area contributed by atoms with Crippen LogP contribution in [-0.4, -0.2) is 93.7 Å². The first-order valence-electron chi connectivity index (χ1n) is 26.3. The molecule has 6 aromatic heterocycles. The van der Waals surface area contributed by atoms with Crippen molar-refractivity contribution in [2.45, 2.75) is 60.8 Å². The number of hydrogen-bond donors (Lipinski definition) is 1. The smallest absolute Gasteiger partial charge is 0.246 e. The van der Waals surface area contributed by atoms with Crippen molar-refractivity contribution >= 4 is 105 Å². The van der Waals surface area contributed by atoms with Crippen LogP contribution in [0.5, 0.6) is 17.2 Å². The molecule has 12 nitrogen and oxygen atoms in total. The van der Waals surface area contributed by atoms with Gasteiger partial charge in [-0.25, -0.2) is 0 Å². The molecular weight excluding hydrogens is 1110 g/mol. The number of pyridine rings is 1. The summed E-state index contributed by atoms with van der Waals surface area (Å²) >= 11 is 8.37. The van der Waals surface area contributed by atoms with Crippen molar-refractivity contribution in [3.8, 4) is 17.2 Å². The summed E-state index contributed by atoms with van der Waals surface area (Å²) in [5.74, 6) is 1.36. The van der Waals surface area contributed by atoms with Gasteiger partial charge in [0.05, 0.1) is 40.4 Å². The highest BCUT2D eigenvalue weighted by Crippen LogP contribution is 2.27. The Balaban J connectivity index is 0.000000199. The van der Waals surface area contributed by atoms with E-state index >= 15 is 0 Å². The summed E-state index contributed by atoms with van der Waals surface area (Å²) in [4.78, 5) is 67.1. The van der Waals surface area contributed by atoms with E-state index in [0.717, 1.165) is 38.7 Å². The summed E-state index contributed by atoms with van der Waals surface area (Å²) in [6.07, 6.45) is 17.1. The van der Waals surface area contributed by atoms with Crippen molar-refractivity contribution in [1.82, 2.24) is 24.6 Å². The Hall–Kier alpha value is -7.67. The summed E-state index contributed by atoms with van der Waals surface area (Å²) < 4.78 is 10.1. The van der Waals surface area contributed by atoms with Gasteiger partial charge in [0.1, 0.15) is 5.75 Å². The molecule has 0 radical (unpaired) electrons. The first kappa shape index (κ1) is 64.2. The van der Waals surface area contributed by atoms with E-state index in [0.29, 0.717) is 51.6 Å². The molecule has 6 heterocycles. The van der Waals surface area contributed by atoms with Gasteiger partial charge in [-0.15, -0.1) is 56.7 Å². The lowest BCUT2D eigenvalue weighted by Gasteiger charge is -2.18. The summed E-state index contributed by atoms with van der Waals surface area (Å²) in [6.45, 7) is 15.4. The molecule has 0 bridgehead atoms. The van der Waals surface area contributed by atoms with Crippen LogP contribution in [0.4, 0.5) is 0 Å². The quantitative estimate of drug-likeness (QED) is 0.0664. The monoisotopic (exact) mass is 1180 g/mol. The minimum Gasteiger partial charge on any atom is -0.504 e. The van der Waals surface area contributed by atoms with E-state index in [1.165, 1.54) is 32.7 Å². The topological polar surface area (TPSA) is 133 Å². The second-order valence-corrected chi connectivity index (χ2v) is 22.9. The van der Waals surface area contributed by atoms with Crippen LogP contribution in [-0.2, 0) is 45.4 Å². The predicted molar refractivity (Wildman–Crippen MR) is 339 cm³/mol. The zero-order valence-electron chi connectivity index (χ0n) is 46.9. The molecule has 8 rings (SSSR count). The third-order valence-corrected chi connectivity index (χ3v) is 16.3. The normalized spacial score (nSPS) is 10.9. The predicted octanol–water partition coefficient (Wildman–Crippen LogP) is 14.7. The lowest BCUT2D eigenvalue weighted by Crippen LogP contribution is -2.28. The van der Waals surface area contributed by atoms with E-state index in [1.807, 2.05) is 161 Å². The number of aromatic hydroxyl groups is 1. The molecule has 0 aliphatic carbocycles. The first-order valence-corrected chi connectivity index (χ1v) is 30.6. The number of carbonyl (C=O) groups excluding carboxylic acids is 4. The van der Waals surface area contributed by atoms with Gasteiger partial charge in [-0.1, -0.05) is 48.5 Å². The van der Waals surface area contributed by atoms with Gasteiger partial charge in [0.2, 0.25) is 23.6 Å². The molecule has 0 atom stereocenters. The van der Waals surface area contributed by atoms with Gasteiger partial charge in [0.25, 0.3) is 0 Å². The Morgan fingerprint density at radius 2 is 0.914 bits per heavy atom. The number of ether oxygens (including phenoxy) is 2. The van der Waals surface area contributed by atoms with Crippen LogP contribution in [0, 0.1) is 6.92 Å². The third kappa shape index (κ3) is 23.1. The van der Waals surface area contributed by atoms with Crippen molar-refractivity contribution in [3.05, 3.63) is 219 Å². The summed E-state index contributed by atoms with van der Waals surface area (Å²) in [5.41, 5.74) is 2.66. The van der Waals surface area contributed by atoms with E-state index < -0.39 is 0 Å². The molecule has 424 valence electrons. The van der Waals surface area contributed by atoms with Crippen LogP contribution < -0.4 is 9.47 Å². The standard InChI is InChI=1S/C17H19NO3S.C17H19NO2S.C15H16N2OS.C15H17NOS2/c1-3-18(12-14-5-4-10-22-14)17(20)9-7-13-6-8-16(21-2)15(19)11-13;1-3-18(13-16-5-4-12-21-16)17(19)11-8-14-6-9-15(20-2)10-7-14;1-2-17(12-14-6-4-10-19-14)15(18)8-7-13-5-3-9-16-11-13;1-3-16(11-14-5-4-10-18-14)15(17)9-8-13-7-6-12(2)19-13/h4-11,19H,3,12H2,1-2H3;4-12H,3,13H2,1-2H3;3-11H,2,12H2,1H3;4-10H,3,11H2,1-2H3/b9-7+;11-8+;8-7+;9-8+. The van der Waals surface area contributed by atoms with Crippen LogP contribution in [0.25, 0.3) is 24.3 Å². The van der Waals surface area contributed by atoms with E-state index in [9.17, 15) is 24.3 Å². The number of thiophene rings is 5. The van der Waals surface area contributed by atoms with Crippen LogP contribution in [0.2, 0.25) is 0 Å². The van der Waals surface area contributed by atoms with Crippen molar-refractivity contribution in [2.75, 3.05) is 40.4 Å². The van der Waals surface area contributed by atoms with Gasteiger partial charge in [-0.05, 0) is 164 Å². The van der Waals surface area contributed by atoms with Crippen molar-refractivity contribution < 1.29 is 33.8 Å². The number of likely N-dealkylation sites (N-methyl/N-ethyl adjacent to an activating group) is 4. The maximum atomic E-state index is 12.2. The molecule has 0 fully saturated rings. The summed E-state index contributed by atoms with van der Waals surface area (Å²) in [5, 5.41) is 17.8. The highest BCUT2D eigenvalue weighted by molar-refractivity contribution is 7.13. The zero-order chi connectivity index (χ0) is 58.2. The van der Waals surface area contributed by atoms with E-state index in [-0.39, 0.29) is 29.4 Å². The van der Waals surface area contributed by atoms with Crippen LogP contribution in [0.15, 0.2) is 173 Å². The molecule has 0 aliphatic heterocycles. The number of methoxy groups -OCH3 is 2. The lowest BCUT2D eigenvalue weighted by molar-refractivity contribution is -0.127. The Bertz CT molecular complexity index is 3190. The Morgan fingerprint density at radius 3 is 1.26 bits per heavy atom. The van der Waals surface area contributed by atoms with Crippen LogP contribution in [0.1, 0.15) is 73.6 Å². The number of benzene rings is 2. The van der Waals surface area contributed by atoms with E-state index in [2.05, 4.69) is 24.0 Å². The fraction of sp³-hybridized carbons (Fsp3) is 0.234. The number of aryl methyl sites for hydroxylation is 1. The number of nitrogens with zero attached hydrogens (tertiary/aromatic N) is 5. The lowest BCUT2D eigenvalue weighted by atomic mass is 10.2. The minimum absolute atomic E-state index is 0.0275. The first-order chi connectivity index (χ1) is 39.3. The Kier molecular flexibility index (Phi) is 28.4. The number of hydrogen-bond acceptors (Lipinski definition) is 13. The molecule has 0 unspecified atom stereocenters. The van der Waals surface area contributed by atoms with Gasteiger partial charge < -0.3 is 34.2 Å². The fourth-order valence-corrected chi connectivity index (χ4v) is 11.0. The second kappa shape index (κ2) is 35.8. The highest BCUT2D eigenvalue weighted by atomic mass is 32.1. The largest absolute Gasteiger partial charge is 0.504 e. The SMILES string of the molecule is CCN(Cc1cccs1)C(=O)/C=C/c1ccc(C)s1.CCN(Cc1cccs1)C(=O)/C=C/c1ccc(OC)c(O)c1.CCN(Cc1cccs1)C(=O)/C=C/c1ccc(OC)cc1.CCN(Cc1cccs1)C(=O)/C=C/c1cccnc1. The van der Waals surface area contributed by atoms with E-state index in [1.54, 1.807) is 130 Å². The molecule has 0 saturated carbocycles. The molecule has 1 N–H and O–H groups in total. The average molecular weight is 1180 g/mol. The Morgan fingerprint density at radius 1 is 0.494 bits per heavy atom. The highest BCUT2D eigenvalue weighted by Gasteiger charge is 2.13. The molecule has 8 aromatic rings. The van der Waals surface area contributed by atoms with Gasteiger partial charge in [0.15, 0.2) is 11.5 Å². The maximum Gasteiger partial charge on any atom is 0.246 e.